The molecule has 84 valence electrons. The molecule has 0 atom stereocenters. The van der Waals surface area contributed by atoms with Gasteiger partial charge in [0.05, 0.1) is 13.5 Å². The van der Waals surface area contributed by atoms with Crippen LogP contribution in [0.5, 0.6) is 0 Å². The van der Waals surface area contributed by atoms with Gasteiger partial charge in [-0.05, 0) is 0 Å². The maximum absolute atomic E-state index is 11.1. The van der Waals surface area contributed by atoms with Crippen molar-refractivity contribution in [3.8, 4) is 0 Å². The van der Waals surface area contributed by atoms with Gasteiger partial charge in [0.15, 0.2) is 5.78 Å². The molecule has 0 saturated carbocycles. The average molecular weight is 214 g/mol. The first-order chi connectivity index (χ1) is 7.01. The van der Waals surface area contributed by atoms with E-state index in [1.54, 1.807) is 6.92 Å². The molecule has 0 bridgehead atoms. The van der Waals surface area contributed by atoms with Gasteiger partial charge < -0.3 is 9.47 Å². The molecule has 0 heterocycles. The van der Waals surface area contributed by atoms with E-state index >= 15 is 0 Å². The van der Waals surface area contributed by atoms with Crippen LogP contribution in [0.15, 0.2) is 12.2 Å². The summed E-state index contributed by atoms with van der Waals surface area (Å²) in [5.74, 6) is -1.49. The van der Waals surface area contributed by atoms with Crippen molar-refractivity contribution in [3.63, 3.8) is 0 Å². The predicted molar refractivity (Wildman–Crippen MR) is 52.0 cm³/mol. The Kier molecular flexibility index (Phi) is 6.01. The standard InChI is InChI=1S/C10H14O5/c1-4-8(11)6-15-9(12)5-7(2)10(13)14-3/h2,4-6H2,1,3H3. The van der Waals surface area contributed by atoms with Gasteiger partial charge in [0.25, 0.3) is 0 Å². The molecule has 0 aliphatic carbocycles. The summed E-state index contributed by atoms with van der Waals surface area (Å²) in [6.07, 6.45) is 0.0505. The van der Waals surface area contributed by atoms with Gasteiger partial charge in [-0.1, -0.05) is 13.5 Å². The Labute approximate surface area is 88.0 Å². The Morgan fingerprint density at radius 2 is 1.87 bits per heavy atom. The topological polar surface area (TPSA) is 69.7 Å². The van der Waals surface area contributed by atoms with E-state index in [9.17, 15) is 14.4 Å². The predicted octanol–water partition coefficient (Wildman–Crippen LogP) is 0.628. The van der Waals surface area contributed by atoms with Crippen molar-refractivity contribution in [3.05, 3.63) is 12.2 Å². The van der Waals surface area contributed by atoms with Crippen LogP contribution >= 0.6 is 0 Å². The minimum atomic E-state index is -0.660. The number of carbonyl (C=O) groups is 3. The number of carbonyl (C=O) groups excluding carboxylic acids is 3. The smallest absolute Gasteiger partial charge is 0.333 e. The number of rotatable bonds is 6. The van der Waals surface area contributed by atoms with Crippen molar-refractivity contribution in [1.29, 1.82) is 0 Å². The highest BCUT2D eigenvalue weighted by atomic mass is 16.5. The Morgan fingerprint density at radius 1 is 1.27 bits per heavy atom. The zero-order valence-electron chi connectivity index (χ0n) is 8.87. The third-order valence-electron chi connectivity index (χ3n) is 1.62. The summed E-state index contributed by atoms with van der Waals surface area (Å²) in [6, 6.07) is 0. The molecule has 0 aromatic carbocycles. The Hall–Kier alpha value is -1.65. The van der Waals surface area contributed by atoms with Gasteiger partial charge in [0, 0.05) is 12.0 Å². The summed E-state index contributed by atoms with van der Waals surface area (Å²) >= 11 is 0. The van der Waals surface area contributed by atoms with E-state index in [0.717, 1.165) is 0 Å². The highest BCUT2D eigenvalue weighted by molar-refractivity contribution is 5.93. The van der Waals surface area contributed by atoms with Crippen molar-refractivity contribution in [2.75, 3.05) is 13.7 Å². The number of ether oxygens (including phenoxy) is 2. The van der Waals surface area contributed by atoms with Gasteiger partial charge in [-0.25, -0.2) is 4.79 Å². The van der Waals surface area contributed by atoms with Crippen LogP contribution in [-0.2, 0) is 23.9 Å². The molecule has 5 nitrogen and oxygen atoms in total. The average Bonchev–Trinajstić information content (AvgIpc) is 2.24. The molecule has 0 aromatic heterocycles. The molecular weight excluding hydrogens is 200 g/mol. The van der Waals surface area contributed by atoms with Gasteiger partial charge in [0.1, 0.15) is 6.61 Å². The fourth-order valence-electron chi connectivity index (χ4n) is 0.705. The second-order valence-corrected chi connectivity index (χ2v) is 2.82. The molecule has 0 saturated heterocycles. The van der Waals surface area contributed by atoms with Gasteiger partial charge in [-0.2, -0.15) is 0 Å². The van der Waals surface area contributed by atoms with Crippen LogP contribution in [-0.4, -0.2) is 31.4 Å². The van der Waals surface area contributed by atoms with Crippen molar-refractivity contribution in [1.82, 2.24) is 0 Å². The zero-order chi connectivity index (χ0) is 11.8. The van der Waals surface area contributed by atoms with E-state index in [1.165, 1.54) is 7.11 Å². The molecule has 0 aromatic rings. The molecule has 15 heavy (non-hydrogen) atoms. The van der Waals surface area contributed by atoms with Crippen LogP contribution < -0.4 is 0 Å². The number of Topliss-reactive ketones (excluding diaryl/α,β-unsaturated/α-hetero) is 1. The van der Waals surface area contributed by atoms with Crippen LogP contribution in [0.4, 0.5) is 0 Å². The minimum Gasteiger partial charge on any atom is -0.466 e. The largest absolute Gasteiger partial charge is 0.466 e. The Balaban J connectivity index is 3.89. The lowest BCUT2D eigenvalue weighted by atomic mass is 10.2. The molecule has 0 rings (SSSR count). The van der Waals surface area contributed by atoms with Gasteiger partial charge in [0.2, 0.25) is 0 Å². The highest BCUT2D eigenvalue weighted by Crippen LogP contribution is 2.02. The lowest BCUT2D eigenvalue weighted by Gasteiger charge is -2.04. The summed E-state index contributed by atoms with van der Waals surface area (Å²) in [5.41, 5.74) is 0.00597. The third kappa shape index (κ3) is 5.61. The molecule has 0 N–H and O–H groups in total. The molecule has 0 aliphatic rings. The van der Waals surface area contributed by atoms with Crippen LogP contribution in [0.1, 0.15) is 19.8 Å². The summed E-state index contributed by atoms with van der Waals surface area (Å²) in [4.78, 5) is 32.7. The number of ketones is 1. The number of esters is 2. The summed E-state index contributed by atoms with van der Waals surface area (Å²) in [6.45, 7) is 4.76. The summed E-state index contributed by atoms with van der Waals surface area (Å²) in [5, 5.41) is 0. The van der Waals surface area contributed by atoms with Gasteiger partial charge in [-0.3, -0.25) is 9.59 Å². The molecule has 5 heteroatoms. The molecule has 0 amide bonds. The van der Waals surface area contributed by atoms with E-state index in [0.29, 0.717) is 6.42 Å². The first-order valence-corrected chi connectivity index (χ1v) is 4.44. The maximum Gasteiger partial charge on any atom is 0.333 e. The van der Waals surface area contributed by atoms with E-state index < -0.39 is 11.9 Å². The fourth-order valence-corrected chi connectivity index (χ4v) is 0.705. The van der Waals surface area contributed by atoms with E-state index in [1.807, 2.05) is 0 Å². The number of hydrogen-bond acceptors (Lipinski definition) is 5. The maximum atomic E-state index is 11.1. The minimum absolute atomic E-state index is 0.00597. The van der Waals surface area contributed by atoms with Crippen LogP contribution in [0.3, 0.4) is 0 Å². The van der Waals surface area contributed by atoms with Gasteiger partial charge >= 0.3 is 11.9 Å². The van der Waals surface area contributed by atoms with Crippen molar-refractivity contribution < 1.29 is 23.9 Å². The summed E-state index contributed by atoms with van der Waals surface area (Å²) in [7, 11) is 1.19. The fraction of sp³-hybridized carbons (Fsp3) is 0.500. The summed E-state index contributed by atoms with van der Waals surface area (Å²) < 4.78 is 8.95. The van der Waals surface area contributed by atoms with Gasteiger partial charge in [-0.15, -0.1) is 0 Å². The Morgan fingerprint density at radius 3 is 2.33 bits per heavy atom. The highest BCUT2D eigenvalue weighted by Gasteiger charge is 2.13. The Bertz CT molecular complexity index is 280. The quantitative estimate of drug-likeness (QED) is 0.479. The van der Waals surface area contributed by atoms with E-state index in [2.05, 4.69) is 16.1 Å². The SMILES string of the molecule is C=C(CC(=O)OCC(=O)CC)C(=O)OC. The monoisotopic (exact) mass is 214 g/mol. The van der Waals surface area contributed by atoms with Crippen LogP contribution in [0.2, 0.25) is 0 Å². The second-order valence-electron chi connectivity index (χ2n) is 2.82. The van der Waals surface area contributed by atoms with E-state index in [4.69, 9.17) is 0 Å². The number of methoxy groups -OCH3 is 1. The molecule has 0 unspecified atom stereocenters. The lowest BCUT2D eigenvalue weighted by Crippen LogP contribution is -2.15. The first-order valence-electron chi connectivity index (χ1n) is 4.44. The molecular formula is C10H14O5. The molecule has 0 spiro atoms. The molecule has 0 aliphatic heterocycles. The van der Waals surface area contributed by atoms with Crippen molar-refractivity contribution >= 4 is 17.7 Å². The number of hydrogen-bond donors (Lipinski definition) is 0. The lowest BCUT2D eigenvalue weighted by molar-refractivity contribution is -0.148. The van der Waals surface area contributed by atoms with Crippen molar-refractivity contribution in [2.45, 2.75) is 19.8 Å². The molecule has 0 fully saturated rings. The normalized spacial score (nSPS) is 9.20. The van der Waals surface area contributed by atoms with E-state index in [-0.39, 0.29) is 24.4 Å². The second kappa shape index (κ2) is 6.75. The van der Waals surface area contributed by atoms with Crippen molar-refractivity contribution in [2.24, 2.45) is 0 Å². The zero-order valence-corrected chi connectivity index (χ0v) is 8.87. The molecule has 0 radical (unpaired) electrons. The van der Waals surface area contributed by atoms with Crippen LogP contribution in [0.25, 0.3) is 0 Å². The third-order valence-corrected chi connectivity index (χ3v) is 1.62. The first kappa shape index (κ1) is 13.4. The van der Waals surface area contributed by atoms with Crippen LogP contribution in [0, 0.1) is 0 Å².